The van der Waals surface area contributed by atoms with E-state index in [1.165, 1.54) is 25.1 Å². The van der Waals surface area contributed by atoms with E-state index in [1.807, 2.05) is 13.8 Å². The third-order valence-electron chi connectivity index (χ3n) is 7.82. The van der Waals surface area contributed by atoms with Crippen molar-refractivity contribution < 1.29 is 39.9 Å². The molecule has 206 valence electrons. The number of rotatable bonds is 3. The maximum Gasteiger partial charge on any atom is 0.255 e. The Bertz CT molecular complexity index is 1410. The van der Waals surface area contributed by atoms with E-state index in [0.717, 1.165) is 0 Å². The first-order valence-electron chi connectivity index (χ1n) is 12.6. The molecule has 3 aliphatic carbocycles. The SMILES string of the molecule is CC.CN(C)[C@@H]1C(=O)C(C(N)=O)=C(O)[C@@]2(O)C(=O)C3=C(O)c4c(O)cccc4[C@H](c4ccccc4)[C@H]3[C@H](O)[C@@H]12. The topological polar surface area (TPSA) is 182 Å². The molecule has 0 aromatic heterocycles. The van der Waals surface area contributed by atoms with Crippen molar-refractivity contribution in [1.29, 1.82) is 0 Å². The second-order valence-electron chi connectivity index (χ2n) is 9.89. The van der Waals surface area contributed by atoms with E-state index < -0.39 is 75.6 Å². The van der Waals surface area contributed by atoms with Gasteiger partial charge in [-0.05, 0) is 31.3 Å². The minimum atomic E-state index is -2.95. The molecule has 5 rings (SSSR count). The Morgan fingerprint density at radius 3 is 2.15 bits per heavy atom. The van der Waals surface area contributed by atoms with Crippen LogP contribution in [0, 0.1) is 11.8 Å². The van der Waals surface area contributed by atoms with Gasteiger partial charge in [0, 0.05) is 17.4 Å². The molecule has 0 heterocycles. The van der Waals surface area contributed by atoms with Crippen LogP contribution in [0.25, 0.3) is 5.76 Å². The number of ketones is 2. The summed E-state index contributed by atoms with van der Waals surface area (Å²) in [4.78, 5) is 40.8. The number of nitrogens with zero attached hydrogens (tertiary/aromatic N) is 1. The maximum absolute atomic E-state index is 14.1. The average Bonchev–Trinajstić information content (AvgIpc) is 2.90. The van der Waals surface area contributed by atoms with Crippen molar-refractivity contribution in [3.8, 4) is 5.75 Å². The number of aliphatic hydroxyl groups excluding tert-OH is 3. The molecule has 0 radical (unpaired) electrons. The molecule has 7 N–H and O–H groups in total. The predicted octanol–water partition coefficient (Wildman–Crippen LogP) is 1.55. The number of hydrogen-bond donors (Lipinski definition) is 6. The van der Waals surface area contributed by atoms with E-state index >= 15 is 0 Å². The highest BCUT2D eigenvalue weighted by atomic mass is 16.4. The van der Waals surface area contributed by atoms with Crippen LogP contribution >= 0.6 is 0 Å². The Hall–Kier alpha value is -3.99. The van der Waals surface area contributed by atoms with Gasteiger partial charge >= 0.3 is 0 Å². The number of carbonyl (C=O) groups is 3. The number of benzene rings is 2. The number of Topliss-reactive ketones (excluding diaryl/α,β-unsaturated/α-hetero) is 2. The van der Waals surface area contributed by atoms with E-state index in [4.69, 9.17) is 5.73 Å². The van der Waals surface area contributed by atoms with Gasteiger partial charge in [-0.15, -0.1) is 0 Å². The monoisotopic (exact) mass is 536 g/mol. The number of aliphatic hydroxyl groups is 4. The lowest BCUT2D eigenvalue weighted by Gasteiger charge is -2.54. The number of nitrogens with two attached hydrogens (primary N) is 1. The Kier molecular flexibility index (Phi) is 7.16. The van der Waals surface area contributed by atoms with Crippen molar-refractivity contribution in [2.45, 2.75) is 37.5 Å². The van der Waals surface area contributed by atoms with Gasteiger partial charge in [0.2, 0.25) is 5.78 Å². The second kappa shape index (κ2) is 9.96. The Balaban J connectivity index is 0.00000172. The normalized spacial score (nSPS) is 29.8. The molecule has 39 heavy (non-hydrogen) atoms. The summed E-state index contributed by atoms with van der Waals surface area (Å²) in [6, 6.07) is 11.9. The van der Waals surface area contributed by atoms with Crippen LogP contribution in [0.15, 0.2) is 65.4 Å². The van der Waals surface area contributed by atoms with Crippen LogP contribution < -0.4 is 5.73 Å². The number of fused-ring (bicyclic) bond motifs is 3. The molecule has 2 aromatic carbocycles. The highest BCUT2D eigenvalue weighted by molar-refractivity contribution is 6.24. The minimum Gasteiger partial charge on any atom is -0.508 e. The number of aromatic hydroxyl groups is 1. The molecule has 0 spiro atoms. The third-order valence-corrected chi connectivity index (χ3v) is 7.82. The largest absolute Gasteiger partial charge is 0.508 e. The lowest BCUT2D eigenvalue weighted by Crippen LogP contribution is -2.70. The van der Waals surface area contributed by atoms with E-state index in [-0.39, 0.29) is 11.3 Å². The Morgan fingerprint density at radius 2 is 1.59 bits per heavy atom. The van der Waals surface area contributed by atoms with Crippen LogP contribution in [-0.4, -0.2) is 79.7 Å². The van der Waals surface area contributed by atoms with Gasteiger partial charge in [0.1, 0.15) is 22.8 Å². The molecular formula is C29H32N2O8. The average molecular weight is 537 g/mol. The zero-order chi connectivity index (χ0) is 29.0. The van der Waals surface area contributed by atoms with Crippen molar-refractivity contribution in [3.63, 3.8) is 0 Å². The number of primary amides is 1. The van der Waals surface area contributed by atoms with Crippen LogP contribution in [0.4, 0.5) is 0 Å². The fraction of sp³-hybridized carbons (Fsp3) is 0.345. The zero-order valence-corrected chi connectivity index (χ0v) is 22.0. The van der Waals surface area contributed by atoms with Crippen LogP contribution in [0.2, 0.25) is 0 Å². The van der Waals surface area contributed by atoms with Gasteiger partial charge in [-0.2, -0.15) is 0 Å². The molecule has 0 bridgehead atoms. The number of hydrogen-bond acceptors (Lipinski definition) is 9. The number of phenols is 1. The molecule has 1 fully saturated rings. The zero-order valence-electron chi connectivity index (χ0n) is 22.0. The smallest absolute Gasteiger partial charge is 0.255 e. The quantitative estimate of drug-likeness (QED) is 0.317. The van der Waals surface area contributed by atoms with Gasteiger partial charge in [-0.3, -0.25) is 19.3 Å². The highest BCUT2D eigenvalue weighted by Crippen LogP contribution is 2.57. The van der Waals surface area contributed by atoms with Gasteiger partial charge in [0.15, 0.2) is 11.4 Å². The van der Waals surface area contributed by atoms with Crippen LogP contribution in [-0.2, 0) is 14.4 Å². The summed E-state index contributed by atoms with van der Waals surface area (Å²) in [6.07, 6.45) is -1.67. The minimum absolute atomic E-state index is 0.0557. The molecule has 2 aromatic rings. The maximum atomic E-state index is 14.1. The van der Waals surface area contributed by atoms with Gasteiger partial charge in [-0.1, -0.05) is 56.3 Å². The predicted molar refractivity (Wildman–Crippen MR) is 142 cm³/mol. The number of likely N-dealkylation sites (N-methyl/N-ethyl adjacent to an activating group) is 1. The fourth-order valence-electron chi connectivity index (χ4n) is 6.32. The lowest BCUT2D eigenvalue weighted by molar-refractivity contribution is -0.169. The van der Waals surface area contributed by atoms with Crippen LogP contribution in [0.3, 0.4) is 0 Å². The number of amides is 1. The molecular weight excluding hydrogens is 504 g/mol. The van der Waals surface area contributed by atoms with Crippen molar-refractivity contribution in [2.75, 3.05) is 14.1 Å². The van der Waals surface area contributed by atoms with Crippen LogP contribution in [0.1, 0.15) is 36.5 Å². The summed E-state index contributed by atoms with van der Waals surface area (Å²) in [5.74, 6) is -9.33. The summed E-state index contributed by atoms with van der Waals surface area (Å²) in [7, 11) is 2.93. The summed E-state index contributed by atoms with van der Waals surface area (Å²) < 4.78 is 0. The molecule has 3 aliphatic rings. The molecule has 1 saturated carbocycles. The number of carbonyl (C=O) groups excluding carboxylic acids is 3. The summed E-state index contributed by atoms with van der Waals surface area (Å²) >= 11 is 0. The van der Waals surface area contributed by atoms with Gasteiger partial charge in [-0.25, -0.2) is 0 Å². The first-order chi connectivity index (χ1) is 18.4. The first kappa shape index (κ1) is 28.0. The van der Waals surface area contributed by atoms with E-state index in [0.29, 0.717) is 11.1 Å². The Morgan fingerprint density at radius 1 is 0.974 bits per heavy atom. The summed E-state index contributed by atoms with van der Waals surface area (Å²) in [6.45, 7) is 4.00. The van der Waals surface area contributed by atoms with E-state index in [1.54, 1.807) is 42.5 Å². The fourth-order valence-corrected chi connectivity index (χ4v) is 6.32. The Labute approximate surface area is 225 Å². The van der Waals surface area contributed by atoms with E-state index in [2.05, 4.69) is 0 Å². The lowest BCUT2D eigenvalue weighted by atomic mass is 9.53. The summed E-state index contributed by atoms with van der Waals surface area (Å²) in [5.41, 5.74) is 2.02. The number of phenolic OH excluding ortho intramolecular Hbond substituents is 1. The van der Waals surface area contributed by atoms with Crippen molar-refractivity contribution in [3.05, 3.63) is 82.1 Å². The molecule has 0 unspecified atom stereocenters. The molecule has 0 saturated heterocycles. The molecule has 0 aliphatic heterocycles. The molecule has 6 atom stereocenters. The standard InChI is InChI=1S/C27H26N2O8.C2H6/c1-29(2)20-19-22(32)16-14(11-7-4-3-5-8-11)12-9-6-10-13(30)15(12)21(31)17(16)24(34)27(19,37)25(35)18(23(20)33)26(28)36;1-2/h3-10,14,16,19-20,22,30-32,35,37H,1-2H3,(H2,28,36);1-2H3/t14-,16+,19+,20-,22-,27-;/m0./s1. The van der Waals surface area contributed by atoms with E-state index in [9.17, 15) is 39.9 Å². The van der Waals surface area contributed by atoms with Gasteiger partial charge in [0.05, 0.1) is 23.6 Å². The van der Waals surface area contributed by atoms with Crippen LogP contribution in [0.5, 0.6) is 5.75 Å². The van der Waals surface area contributed by atoms with Crippen molar-refractivity contribution in [1.82, 2.24) is 4.90 Å². The molecule has 10 nitrogen and oxygen atoms in total. The molecule has 10 heteroatoms. The van der Waals surface area contributed by atoms with Crippen molar-refractivity contribution >= 4 is 23.2 Å². The van der Waals surface area contributed by atoms with Gasteiger partial charge < -0.3 is 31.3 Å². The molecule has 1 amide bonds. The highest BCUT2D eigenvalue weighted by Gasteiger charge is 2.68. The first-order valence-corrected chi connectivity index (χ1v) is 12.6. The van der Waals surface area contributed by atoms with Crippen molar-refractivity contribution in [2.24, 2.45) is 17.6 Å². The third kappa shape index (κ3) is 3.78. The van der Waals surface area contributed by atoms with Gasteiger partial charge in [0.25, 0.3) is 5.91 Å². The summed E-state index contributed by atoms with van der Waals surface area (Å²) in [5, 5.41) is 56.5. The second-order valence-corrected chi connectivity index (χ2v) is 9.89.